The van der Waals surface area contributed by atoms with E-state index in [0.29, 0.717) is 11.4 Å². The maximum absolute atomic E-state index is 13.6. The zero-order valence-electron chi connectivity index (χ0n) is 18.6. The Morgan fingerprint density at radius 1 is 1.03 bits per heavy atom. The number of carbonyl (C=O) groups excluding carboxylic acids is 1. The van der Waals surface area contributed by atoms with Crippen LogP contribution in [0.15, 0.2) is 77.7 Å². The van der Waals surface area contributed by atoms with Crippen molar-refractivity contribution < 1.29 is 22.3 Å². The third kappa shape index (κ3) is 6.09. The molecule has 0 unspecified atom stereocenters. The summed E-state index contributed by atoms with van der Waals surface area (Å²) < 4.78 is 47.1. The minimum atomic E-state index is -3.95. The molecule has 3 rings (SSSR count). The quantitative estimate of drug-likeness (QED) is 0.497. The fraction of sp³-hybridized carbons (Fsp3) is 0.208. The van der Waals surface area contributed by atoms with Gasteiger partial charge >= 0.3 is 0 Å². The number of nitrogens with one attached hydrogen (secondary N) is 2. The second-order valence-corrected chi connectivity index (χ2v) is 9.26. The van der Waals surface area contributed by atoms with E-state index in [0.717, 1.165) is 5.56 Å². The molecule has 0 aliphatic heterocycles. The van der Waals surface area contributed by atoms with Crippen molar-refractivity contribution in [3.8, 4) is 5.75 Å². The van der Waals surface area contributed by atoms with Crippen molar-refractivity contribution in [3.05, 3.63) is 89.7 Å². The molecule has 0 aromatic heterocycles. The summed E-state index contributed by atoms with van der Waals surface area (Å²) in [5.74, 6) is -0.416. The third-order valence-corrected chi connectivity index (χ3v) is 6.43. The van der Waals surface area contributed by atoms with E-state index in [1.807, 2.05) is 19.0 Å². The number of amides is 1. The van der Waals surface area contributed by atoms with Gasteiger partial charge in [-0.3, -0.25) is 9.52 Å². The summed E-state index contributed by atoms with van der Waals surface area (Å²) in [5.41, 5.74) is 1.20. The highest BCUT2D eigenvalue weighted by Gasteiger charge is 2.20. The van der Waals surface area contributed by atoms with Crippen LogP contribution in [0.25, 0.3) is 0 Å². The monoisotopic (exact) mass is 471 g/mol. The normalized spacial score (nSPS) is 12.3. The average Bonchev–Trinajstić information content (AvgIpc) is 2.79. The highest BCUT2D eigenvalue weighted by molar-refractivity contribution is 7.92. The lowest BCUT2D eigenvalue weighted by molar-refractivity contribution is 0.0941. The average molecular weight is 472 g/mol. The number of anilines is 1. The zero-order chi connectivity index (χ0) is 24.0. The van der Waals surface area contributed by atoms with Crippen molar-refractivity contribution in [2.45, 2.75) is 10.9 Å². The SMILES string of the molecule is COc1ccccc1NS(=O)(=O)c1cccc(C(=O)NC[C@H](c2cccc(F)c2)N(C)C)c1. The lowest BCUT2D eigenvalue weighted by Gasteiger charge is -2.25. The summed E-state index contributed by atoms with van der Waals surface area (Å²) in [6.45, 7) is 0.214. The Bertz CT molecular complexity index is 1230. The van der Waals surface area contributed by atoms with E-state index in [2.05, 4.69) is 10.0 Å². The molecule has 7 nitrogen and oxygen atoms in total. The Morgan fingerprint density at radius 2 is 1.76 bits per heavy atom. The van der Waals surface area contributed by atoms with Crippen molar-refractivity contribution in [2.75, 3.05) is 32.5 Å². The number of nitrogens with zero attached hydrogens (tertiary/aromatic N) is 1. The number of sulfonamides is 1. The number of carbonyl (C=O) groups is 1. The van der Waals surface area contributed by atoms with Gasteiger partial charge in [0, 0.05) is 12.1 Å². The minimum Gasteiger partial charge on any atom is -0.495 e. The molecule has 9 heteroatoms. The Balaban J connectivity index is 1.76. The lowest BCUT2D eigenvalue weighted by Crippen LogP contribution is -2.34. The third-order valence-electron chi connectivity index (χ3n) is 5.07. The maximum Gasteiger partial charge on any atom is 0.262 e. The Kier molecular flexibility index (Phi) is 7.67. The van der Waals surface area contributed by atoms with Gasteiger partial charge in [0.15, 0.2) is 0 Å². The van der Waals surface area contributed by atoms with E-state index in [4.69, 9.17) is 4.74 Å². The predicted molar refractivity (Wildman–Crippen MR) is 125 cm³/mol. The molecular weight excluding hydrogens is 445 g/mol. The standard InChI is InChI=1S/C24H26FN3O4S/c1-28(2)22(17-8-6-10-19(25)14-17)16-26-24(29)18-9-7-11-20(15-18)33(30,31)27-21-12-4-5-13-23(21)32-3/h4-15,22,27H,16H2,1-3H3,(H,26,29)/t22-/m1/s1. The minimum absolute atomic E-state index is 0.0599. The summed E-state index contributed by atoms with van der Waals surface area (Å²) >= 11 is 0. The number of benzene rings is 3. The molecule has 3 aromatic rings. The molecule has 0 bridgehead atoms. The highest BCUT2D eigenvalue weighted by atomic mass is 32.2. The molecule has 33 heavy (non-hydrogen) atoms. The molecule has 0 heterocycles. The van der Waals surface area contributed by atoms with Gasteiger partial charge in [-0.05, 0) is 62.1 Å². The van der Waals surface area contributed by atoms with E-state index in [1.54, 1.807) is 36.4 Å². The highest BCUT2D eigenvalue weighted by Crippen LogP contribution is 2.26. The molecule has 0 radical (unpaired) electrons. The van der Waals surface area contributed by atoms with Crippen LogP contribution in [-0.4, -0.2) is 47.0 Å². The van der Waals surface area contributed by atoms with Gasteiger partial charge in [0.25, 0.3) is 15.9 Å². The van der Waals surface area contributed by atoms with Crippen LogP contribution in [0.2, 0.25) is 0 Å². The number of likely N-dealkylation sites (N-methyl/N-ethyl adjacent to an activating group) is 1. The molecule has 2 N–H and O–H groups in total. The van der Waals surface area contributed by atoms with Gasteiger partial charge in [-0.25, -0.2) is 12.8 Å². The van der Waals surface area contributed by atoms with E-state index in [-0.39, 0.29) is 28.9 Å². The second-order valence-electron chi connectivity index (χ2n) is 7.58. The van der Waals surface area contributed by atoms with Crippen molar-refractivity contribution in [1.29, 1.82) is 0 Å². The summed E-state index contributed by atoms with van der Waals surface area (Å²) in [7, 11) is 1.16. The summed E-state index contributed by atoms with van der Waals surface area (Å²) in [5, 5.41) is 2.81. The van der Waals surface area contributed by atoms with Crippen LogP contribution >= 0.6 is 0 Å². The van der Waals surface area contributed by atoms with Crippen LogP contribution in [0.5, 0.6) is 5.75 Å². The number of rotatable bonds is 9. The number of halogens is 1. The van der Waals surface area contributed by atoms with Gasteiger partial charge < -0.3 is 15.0 Å². The van der Waals surface area contributed by atoms with Crippen LogP contribution in [0, 0.1) is 5.82 Å². The molecule has 0 spiro atoms. The summed E-state index contributed by atoms with van der Waals surface area (Å²) in [6.07, 6.45) is 0. The molecule has 0 saturated heterocycles. The van der Waals surface area contributed by atoms with Gasteiger partial charge in [0.2, 0.25) is 0 Å². The maximum atomic E-state index is 13.6. The molecular formula is C24H26FN3O4S. The molecule has 0 aliphatic rings. The molecule has 1 atom stereocenters. The van der Waals surface area contributed by atoms with E-state index >= 15 is 0 Å². The predicted octanol–water partition coefficient (Wildman–Crippen LogP) is 3.67. The number of para-hydroxylation sites is 2. The van der Waals surface area contributed by atoms with Crippen LogP contribution in [0.4, 0.5) is 10.1 Å². The first kappa shape index (κ1) is 24.2. The molecule has 1 amide bonds. The number of ether oxygens (including phenoxy) is 1. The lowest BCUT2D eigenvalue weighted by atomic mass is 10.1. The van der Waals surface area contributed by atoms with Crippen LogP contribution in [-0.2, 0) is 10.0 Å². The number of hydrogen-bond donors (Lipinski definition) is 2. The van der Waals surface area contributed by atoms with E-state index in [1.165, 1.54) is 43.5 Å². The van der Waals surface area contributed by atoms with Crippen molar-refractivity contribution >= 4 is 21.6 Å². The largest absolute Gasteiger partial charge is 0.495 e. The van der Waals surface area contributed by atoms with E-state index < -0.39 is 15.9 Å². The van der Waals surface area contributed by atoms with Gasteiger partial charge in [0.1, 0.15) is 11.6 Å². The first-order valence-electron chi connectivity index (χ1n) is 10.2. The second kappa shape index (κ2) is 10.5. The van der Waals surface area contributed by atoms with Gasteiger partial charge in [-0.1, -0.05) is 30.3 Å². The fourth-order valence-electron chi connectivity index (χ4n) is 3.34. The van der Waals surface area contributed by atoms with Crippen LogP contribution in [0.1, 0.15) is 22.0 Å². The van der Waals surface area contributed by atoms with Gasteiger partial charge in [0.05, 0.1) is 23.7 Å². The van der Waals surface area contributed by atoms with Crippen molar-refractivity contribution in [2.24, 2.45) is 0 Å². The van der Waals surface area contributed by atoms with E-state index in [9.17, 15) is 17.6 Å². The van der Waals surface area contributed by atoms with Crippen LogP contribution in [0.3, 0.4) is 0 Å². The molecule has 0 aliphatic carbocycles. The van der Waals surface area contributed by atoms with Gasteiger partial charge in [-0.15, -0.1) is 0 Å². The number of hydrogen-bond acceptors (Lipinski definition) is 5. The topological polar surface area (TPSA) is 87.7 Å². The summed E-state index contributed by atoms with van der Waals surface area (Å²) in [4.78, 5) is 14.6. The molecule has 174 valence electrons. The zero-order valence-corrected chi connectivity index (χ0v) is 19.4. The fourth-order valence-corrected chi connectivity index (χ4v) is 4.46. The van der Waals surface area contributed by atoms with Gasteiger partial charge in [-0.2, -0.15) is 0 Å². The van der Waals surface area contributed by atoms with Crippen molar-refractivity contribution in [1.82, 2.24) is 10.2 Å². The molecule has 0 saturated carbocycles. The first-order valence-corrected chi connectivity index (χ1v) is 11.7. The Labute approximate surface area is 193 Å². The Hall–Kier alpha value is -3.43. The van der Waals surface area contributed by atoms with Crippen LogP contribution < -0.4 is 14.8 Å². The Morgan fingerprint density at radius 3 is 2.45 bits per heavy atom. The smallest absolute Gasteiger partial charge is 0.262 e. The summed E-state index contributed by atoms with van der Waals surface area (Å²) in [6, 6.07) is 18.3. The molecule has 3 aromatic carbocycles. The first-order chi connectivity index (χ1) is 15.7. The number of methoxy groups -OCH3 is 1. The molecule has 0 fully saturated rings. The van der Waals surface area contributed by atoms with Crippen molar-refractivity contribution in [3.63, 3.8) is 0 Å².